The van der Waals surface area contributed by atoms with Crippen LogP contribution >= 0.6 is 0 Å². The van der Waals surface area contributed by atoms with Crippen molar-refractivity contribution >= 4 is 46.6 Å². The number of anilines is 2. The molecule has 0 aromatic heterocycles. The molecule has 4 aliphatic heterocycles. The lowest BCUT2D eigenvalue weighted by Gasteiger charge is -2.42. The molecule has 4 fully saturated rings. The Kier molecular flexibility index (Phi) is 10.6. The second kappa shape index (κ2) is 16.0. The van der Waals surface area contributed by atoms with Crippen LogP contribution in [0.2, 0.25) is 0 Å². The third-order valence-corrected chi connectivity index (χ3v) is 11.8. The highest BCUT2D eigenvalue weighted by Crippen LogP contribution is 2.39. The number of fused-ring (bicyclic) bond motifs is 2. The predicted octanol–water partition coefficient (Wildman–Crippen LogP) is 2.30. The van der Waals surface area contributed by atoms with Crippen LogP contribution < -0.4 is 21.9 Å². The second-order valence-electron chi connectivity index (χ2n) is 15.3. The quantitative estimate of drug-likeness (QED) is 0.140. The van der Waals surface area contributed by atoms with Crippen molar-refractivity contribution in [2.45, 2.75) is 61.6 Å². The molecule has 59 heavy (non-hydrogen) atoms. The topological polar surface area (TPSA) is 218 Å². The molecule has 0 spiro atoms. The molecule has 304 valence electrons. The van der Waals surface area contributed by atoms with E-state index >= 15 is 14.4 Å². The summed E-state index contributed by atoms with van der Waals surface area (Å²) < 4.78 is 17.4. The number of hydrogen-bond donors (Lipinski definition) is 3. The Balaban J connectivity index is 1.28. The summed E-state index contributed by atoms with van der Waals surface area (Å²) in [6.07, 6.45) is -1.22. The van der Waals surface area contributed by atoms with Crippen molar-refractivity contribution in [3.63, 3.8) is 0 Å². The predicted molar refractivity (Wildman–Crippen MR) is 214 cm³/mol. The number of rotatable bonds is 12. The van der Waals surface area contributed by atoms with Gasteiger partial charge >= 0.3 is 0 Å². The van der Waals surface area contributed by atoms with E-state index in [9.17, 15) is 14.4 Å². The molecule has 0 bridgehead atoms. The normalized spacial score (nSPS) is 23.1. The van der Waals surface area contributed by atoms with Gasteiger partial charge in [-0.2, -0.15) is 0 Å². The molecule has 15 nitrogen and oxygen atoms in total. The lowest BCUT2D eigenvalue weighted by Crippen LogP contribution is -2.68. The number of hydrogen-bond acceptors (Lipinski definition) is 11. The monoisotopic (exact) mass is 800 g/mol. The maximum atomic E-state index is 15.5. The molecule has 6 unspecified atom stereocenters. The Morgan fingerprint density at radius 3 is 1.93 bits per heavy atom. The number of primary amides is 1. The number of nitrogens with zero attached hydrogens (tertiary/aromatic N) is 3. The minimum absolute atomic E-state index is 0.0811. The fourth-order valence-electron chi connectivity index (χ4n) is 8.85. The van der Waals surface area contributed by atoms with Gasteiger partial charge in [0.15, 0.2) is 11.6 Å². The standard InChI is InChI=1S/C44H44N6O9/c45-29-12-6-26(7-13-29)22-33(41(54)48-20-18-36-39(48)35(51)24-57-36)50(40(53)28-10-16-32(17-11-28)59-31-4-2-1-3-5-31)34(23-27-8-14-30(46)15-9-27)42(55)49-21-19-38-44(49,43(47)56)37(52)25-58-38/h1-17,33-34,36,38-39H,18-25,45-46H2,(H2,47,56). The highest BCUT2D eigenvalue weighted by Gasteiger charge is 2.65. The molecular formula is C44H44N6O9. The molecule has 4 saturated heterocycles. The summed E-state index contributed by atoms with van der Waals surface area (Å²) in [6.45, 7) is -0.484. The van der Waals surface area contributed by atoms with Crippen molar-refractivity contribution in [2.24, 2.45) is 5.73 Å². The molecule has 4 aromatic rings. The summed E-state index contributed by atoms with van der Waals surface area (Å²) >= 11 is 0. The van der Waals surface area contributed by atoms with E-state index in [1.54, 1.807) is 72.8 Å². The van der Waals surface area contributed by atoms with Gasteiger partial charge in [-0.25, -0.2) is 0 Å². The molecule has 8 rings (SSSR count). The van der Waals surface area contributed by atoms with Gasteiger partial charge in [0.25, 0.3) is 11.8 Å². The number of nitrogens with two attached hydrogens (primary N) is 3. The summed E-state index contributed by atoms with van der Waals surface area (Å²) in [4.78, 5) is 90.2. The third kappa shape index (κ3) is 7.27. The smallest absolute Gasteiger partial charge is 0.255 e. The van der Waals surface area contributed by atoms with Crippen LogP contribution in [-0.2, 0) is 46.3 Å². The number of carbonyl (C=O) groups is 6. The highest BCUT2D eigenvalue weighted by atomic mass is 16.5. The summed E-state index contributed by atoms with van der Waals surface area (Å²) in [6, 6.07) is 25.0. The molecule has 0 radical (unpaired) electrons. The molecule has 4 heterocycles. The summed E-state index contributed by atoms with van der Waals surface area (Å²) in [5.41, 5.74) is 18.2. The zero-order chi connectivity index (χ0) is 41.4. The first kappa shape index (κ1) is 39.3. The number of likely N-dealkylation sites (tertiary alicyclic amines) is 2. The fraction of sp³-hybridized carbons (Fsp3) is 0.318. The minimum atomic E-state index is -2.12. The summed E-state index contributed by atoms with van der Waals surface area (Å²) in [5.74, 6) is -3.05. The molecule has 6 N–H and O–H groups in total. The number of ketones is 2. The van der Waals surface area contributed by atoms with E-state index in [1.807, 2.05) is 18.2 Å². The van der Waals surface area contributed by atoms with Crippen LogP contribution in [0.15, 0.2) is 103 Å². The Hall–Kier alpha value is -6.58. The Morgan fingerprint density at radius 2 is 1.32 bits per heavy atom. The maximum Gasteiger partial charge on any atom is 0.255 e. The number of carbonyl (C=O) groups excluding carboxylic acids is 6. The molecule has 6 atom stereocenters. The van der Waals surface area contributed by atoms with E-state index in [0.29, 0.717) is 40.4 Å². The average molecular weight is 801 g/mol. The average Bonchev–Trinajstić information content (AvgIpc) is 4.02. The fourth-order valence-corrected chi connectivity index (χ4v) is 8.85. The zero-order valence-electron chi connectivity index (χ0n) is 32.1. The van der Waals surface area contributed by atoms with Crippen LogP contribution in [0.1, 0.15) is 34.3 Å². The number of amides is 4. The van der Waals surface area contributed by atoms with Crippen molar-refractivity contribution in [1.29, 1.82) is 0 Å². The zero-order valence-corrected chi connectivity index (χ0v) is 32.1. The van der Waals surface area contributed by atoms with Crippen molar-refractivity contribution in [1.82, 2.24) is 14.7 Å². The van der Waals surface area contributed by atoms with Crippen LogP contribution in [0.3, 0.4) is 0 Å². The van der Waals surface area contributed by atoms with Gasteiger partial charge in [-0.1, -0.05) is 42.5 Å². The maximum absolute atomic E-state index is 15.5. The number of Topliss-reactive ketones (excluding diaryl/α,β-unsaturated/α-hetero) is 2. The van der Waals surface area contributed by atoms with Crippen molar-refractivity contribution in [3.05, 3.63) is 120 Å². The summed E-state index contributed by atoms with van der Waals surface area (Å²) in [7, 11) is 0. The van der Waals surface area contributed by atoms with Crippen LogP contribution in [-0.4, -0.2) is 112 Å². The van der Waals surface area contributed by atoms with E-state index in [4.69, 9.17) is 31.4 Å². The SMILES string of the molecule is NC(=O)C12C(=O)COC1CCN2C(=O)C(Cc1ccc(N)cc1)N(C(=O)c1ccc(Oc2ccccc2)cc1)C(Cc1ccc(N)cc1)C(=O)N1CCC2OCC(=O)C21. The first-order valence-electron chi connectivity index (χ1n) is 19.5. The Labute approximate surface area is 339 Å². The summed E-state index contributed by atoms with van der Waals surface area (Å²) in [5, 5.41) is 0. The largest absolute Gasteiger partial charge is 0.457 e. The van der Waals surface area contributed by atoms with Crippen LogP contribution in [0, 0.1) is 0 Å². The van der Waals surface area contributed by atoms with E-state index in [0.717, 1.165) is 4.90 Å². The van der Waals surface area contributed by atoms with E-state index in [-0.39, 0.29) is 50.3 Å². The number of ether oxygens (including phenoxy) is 3. The van der Waals surface area contributed by atoms with Gasteiger partial charge in [0.1, 0.15) is 42.8 Å². The molecule has 0 aliphatic carbocycles. The van der Waals surface area contributed by atoms with E-state index in [2.05, 4.69) is 0 Å². The van der Waals surface area contributed by atoms with Crippen molar-refractivity contribution < 1.29 is 43.0 Å². The molecule has 4 amide bonds. The van der Waals surface area contributed by atoms with Crippen LogP contribution in [0.5, 0.6) is 11.5 Å². The van der Waals surface area contributed by atoms with Gasteiger partial charge in [0, 0.05) is 42.9 Å². The van der Waals surface area contributed by atoms with Crippen LogP contribution in [0.4, 0.5) is 11.4 Å². The van der Waals surface area contributed by atoms with Gasteiger partial charge in [-0.05, 0) is 84.6 Å². The highest BCUT2D eigenvalue weighted by molar-refractivity contribution is 6.16. The Morgan fingerprint density at radius 1 is 0.729 bits per heavy atom. The first-order valence-corrected chi connectivity index (χ1v) is 19.5. The Bertz CT molecular complexity index is 2270. The first-order chi connectivity index (χ1) is 28.4. The van der Waals surface area contributed by atoms with Gasteiger partial charge in [0.05, 0.1) is 12.2 Å². The van der Waals surface area contributed by atoms with E-state index < -0.39 is 71.9 Å². The number of nitrogen functional groups attached to an aromatic ring is 2. The lowest BCUT2D eigenvalue weighted by atomic mass is 9.88. The van der Waals surface area contributed by atoms with Gasteiger partial charge < -0.3 is 46.1 Å². The molecule has 4 aliphatic rings. The second-order valence-corrected chi connectivity index (χ2v) is 15.3. The molecule has 15 heteroatoms. The number of para-hydroxylation sites is 1. The van der Waals surface area contributed by atoms with Crippen LogP contribution in [0.25, 0.3) is 0 Å². The van der Waals surface area contributed by atoms with Crippen molar-refractivity contribution in [3.8, 4) is 11.5 Å². The molecule has 4 aromatic carbocycles. The van der Waals surface area contributed by atoms with Gasteiger partial charge in [0.2, 0.25) is 17.4 Å². The van der Waals surface area contributed by atoms with E-state index in [1.165, 1.54) is 21.9 Å². The van der Waals surface area contributed by atoms with Gasteiger partial charge in [-0.15, -0.1) is 0 Å². The molecular weight excluding hydrogens is 757 g/mol. The van der Waals surface area contributed by atoms with Gasteiger partial charge in [-0.3, -0.25) is 28.8 Å². The van der Waals surface area contributed by atoms with Crippen molar-refractivity contribution in [2.75, 3.05) is 37.8 Å². The minimum Gasteiger partial charge on any atom is -0.457 e. The third-order valence-electron chi connectivity index (χ3n) is 11.8. The molecule has 0 saturated carbocycles. The lowest BCUT2D eigenvalue weighted by molar-refractivity contribution is -0.154. The number of benzene rings is 4.